The van der Waals surface area contributed by atoms with Crippen LogP contribution >= 0.6 is 0 Å². The zero-order valence-electron chi connectivity index (χ0n) is 18.3. The van der Waals surface area contributed by atoms with Crippen LogP contribution in [0.4, 0.5) is 5.69 Å². The van der Waals surface area contributed by atoms with Gasteiger partial charge in [0.1, 0.15) is 11.8 Å². The van der Waals surface area contributed by atoms with Gasteiger partial charge in [-0.1, -0.05) is 24.3 Å². The van der Waals surface area contributed by atoms with Crippen LogP contribution in [0.2, 0.25) is 0 Å². The van der Waals surface area contributed by atoms with Crippen LogP contribution in [-0.2, 0) is 17.8 Å². The van der Waals surface area contributed by atoms with Crippen molar-refractivity contribution in [1.29, 1.82) is 5.26 Å². The number of aromatic nitrogens is 1. The molecule has 0 radical (unpaired) electrons. The number of hydrogen-bond donors (Lipinski definition) is 0. The average Bonchev–Trinajstić information content (AvgIpc) is 2.87. The first-order chi connectivity index (χ1) is 15.7. The number of carbonyl (C=O) groups excluding carboxylic acids is 1. The first kappa shape index (κ1) is 20.3. The predicted octanol–water partition coefficient (Wildman–Crippen LogP) is 3.92. The normalized spacial score (nSPS) is 16.5. The number of ether oxygens (including phenoxy) is 1. The van der Waals surface area contributed by atoms with Crippen molar-refractivity contribution in [3.05, 3.63) is 65.4 Å². The average molecular weight is 427 g/mol. The molecule has 1 saturated heterocycles. The molecule has 0 saturated carbocycles. The third kappa shape index (κ3) is 3.64. The highest BCUT2D eigenvalue weighted by Gasteiger charge is 2.31. The zero-order valence-corrected chi connectivity index (χ0v) is 18.3. The van der Waals surface area contributed by atoms with Crippen LogP contribution < -0.4 is 9.64 Å². The minimum absolute atomic E-state index is 0.0373. The number of piperidine rings is 1. The van der Waals surface area contributed by atoms with E-state index in [4.69, 9.17) is 4.74 Å². The summed E-state index contributed by atoms with van der Waals surface area (Å²) in [4.78, 5) is 22.0. The van der Waals surface area contributed by atoms with Gasteiger partial charge in [-0.05, 0) is 42.5 Å². The molecule has 0 aliphatic carbocycles. The van der Waals surface area contributed by atoms with Gasteiger partial charge in [-0.2, -0.15) is 5.26 Å². The number of anilines is 1. The molecular weight excluding hydrogens is 400 g/mol. The highest BCUT2D eigenvalue weighted by molar-refractivity contribution is 5.95. The molecule has 0 atom stereocenters. The van der Waals surface area contributed by atoms with Gasteiger partial charge >= 0.3 is 0 Å². The second kappa shape index (κ2) is 8.51. The first-order valence-corrected chi connectivity index (χ1v) is 11.2. The minimum atomic E-state index is 0.0373. The van der Waals surface area contributed by atoms with Crippen LogP contribution in [0.25, 0.3) is 10.9 Å². The van der Waals surface area contributed by atoms with Gasteiger partial charge in [0.2, 0.25) is 5.91 Å². The summed E-state index contributed by atoms with van der Waals surface area (Å²) < 4.78 is 5.32. The Morgan fingerprint density at radius 1 is 1.12 bits per heavy atom. The Hall–Kier alpha value is -3.59. The molecule has 2 aromatic carbocycles. The van der Waals surface area contributed by atoms with E-state index in [-0.39, 0.29) is 11.8 Å². The minimum Gasteiger partial charge on any atom is -0.497 e. The lowest BCUT2D eigenvalue weighted by molar-refractivity contribution is -0.137. The standard InChI is InChI=1S/C26H26N4O2/c1-32-22-6-7-23-24(14-22)28-16-21(15-27)25(23)29-11-9-19(10-12-29)26(31)30-13-8-18-4-2-3-5-20(18)17-30/h2-7,14,16,19H,8-13,17H2,1H3. The molecule has 2 aliphatic rings. The third-order valence-corrected chi connectivity index (χ3v) is 6.77. The Kier molecular flexibility index (Phi) is 5.40. The Morgan fingerprint density at radius 3 is 2.66 bits per heavy atom. The highest BCUT2D eigenvalue weighted by Crippen LogP contribution is 2.34. The van der Waals surface area contributed by atoms with E-state index in [0.717, 1.165) is 61.2 Å². The highest BCUT2D eigenvalue weighted by atomic mass is 16.5. The fraction of sp³-hybridized carbons (Fsp3) is 0.346. The van der Waals surface area contributed by atoms with Crippen molar-refractivity contribution < 1.29 is 9.53 Å². The van der Waals surface area contributed by atoms with Crippen LogP contribution in [0.1, 0.15) is 29.5 Å². The number of hydrogen-bond acceptors (Lipinski definition) is 5. The van der Waals surface area contributed by atoms with E-state index in [2.05, 4.69) is 34.2 Å². The van der Waals surface area contributed by atoms with Gasteiger partial charge in [0.15, 0.2) is 0 Å². The Labute approximate surface area is 188 Å². The molecule has 0 bridgehead atoms. The first-order valence-electron chi connectivity index (χ1n) is 11.2. The number of amides is 1. The van der Waals surface area contributed by atoms with Crippen molar-refractivity contribution in [1.82, 2.24) is 9.88 Å². The molecule has 1 aromatic heterocycles. The van der Waals surface area contributed by atoms with Crippen LogP contribution in [0, 0.1) is 17.2 Å². The molecule has 0 spiro atoms. The summed E-state index contributed by atoms with van der Waals surface area (Å²) in [5.74, 6) is 1.05. The summed E-state index contributed by atoms with van der Waals surface area (Å²) >= 11 is 0. The molecule has 32 heavy (non-hydrogen) atoms. The van der Waals surface area contributed by atoms with Crippen LogP contribution in [0.15, 0.2) is 48.7 Å². The second-order valence-electron chi connectivity index (χ2n) is 8.56. The molecule has 0 N–H and O–H groups in total. The third-order valence-electron chi connectivity index (χ3n) is 6.77. The molecule has 162 valence electrons. The number of rotatable bonds is 3. The molecule has 1 amide bonds. The zero-order chi connectivity index (χ0) is 22.1. The van der Waals surface area contributed by atoms with E-state index < -0.39 is 0 Å². The van der Waals surface area contributed by atoms with Gasteiger partial charge in [-0.15, -0.1) is 0 Å². The molecule has 5 rings (SSSR count). The number of nitrogens with zero attached hydrogens (tertiary/aromatic N) is 4. The van der Waals surface area contributed by atoms with Crippen LogP contribution in [-0.4, -0.2) is 42.5 Å². The van der Waals surface area contributed by atoms with E-state index in [1.165, 1.54) is 11.1 Å². The maximum absolute atomic E-state index is 13.2. The van der Waals surface area contributed by atoms with Crippen molar-refractivity contribution in [2.75, 3.05) is 31.6 Å². The summed E-state index contributed by atoms with van der Waals surface area (Å²) in [7, 11) is 1.63. The van der Waals surface area contributed by atoms with E-state index >= 15 is 0 Å². The number of carbonyl (C=O) groups is 1. The second-order valence-corrected chi connectivity index (χ2v) is 8.56. The Bertz CT molecular complexity index is 1210. The fourth-order valence-electron chi connectivity index (χ4n) is 5.00. The molecule has 6 heteroatoms. The summed E-state index contributed by atoms with van der Waals surface area (Å²) in [6.45, 7) is 3.01. The lowest BCUT2D eigenvalue weighted by Gasteiger charge is -2.37. The van der Waals surface area contributed by atoms with Gasteiger partial charge in [-0.3, -0.25) is 9.78 Å². The summed E-state index contributed by atoms with van der Waals surface area (Å²) in [6, 6.07) is 16.5. The molecule has 0 unspecified atom stereocenters. The van der Waals surface area contributed by atoms with Gasteiger partial charge in [0, 0.05) is 49.7 Å². The van der Waals surface area contributed by atoms with Crippen molar-refractivity contribution in [2.24, 2.45) is 5.92 Å². The smallest absolute Gasteiger partial charge is 0.226 e. The van der Waals surface area contributed by atoms with E-state index in [1.54, 1.807) is 13.3 Å². The fourth-order valence-corrected chi connectivity index (χ4v) is 5.00. The van der Waals surface area contributed by atoms with Crippen molar-refractivity contribution in [3.63, 3.8) is 0 Å². The van der Waals surface area contributed by atoms with Crippen LogP contribution in [0.3, 0.4) is 0 Å². The monoisotopic (exact) mass is 426 g/mol. The molecule has 6 nitrogen and oxygen atoms in total. The molecule has 2 aliphatic heterocycles. The van der Waals surface area contributed by atoms with Gasteiger partial charge < -0.3 is 14.5 Å². The number of benzene rings is 2. The Morgan fingerprint density at radius 2 is 1.91 bits per heavy atom. The lowest BCUT2D eigenvalue weighted by atomic mass is 9.92. The van der Waals surface area contributed by atoms with Crippen LogP contribution in [0.5, 0.6) is 5.75 Å². The van der Waals surface area contributed by atoms with Crippen molar-refractivity contribution in [2.45, 2.75) is 25.8 Å². The van der Waals surface area contributed by atoms with E-state index in [9.17, 15) is 10.1 Å². The molecule has 3 heterocycles. The van der Waals surface area contributed by atoms with E-state index in [0.29, 0.717) is 12.1 Å². The number of fused-ring (bicyclic) bond motifs is 2. The van der Waals surface area contributed by atoms with Gasteiger partial charge in [0.05, 0.1) is 23.9 Å². The quantitative estimate of drug-likeness (QED) is 0.635. The van der Waals surface area contributed by atoms with E-state index in [1.807, 2.05) is 29.2 Å². The predicted molar refractivity (Wildman–Crippen MR) is 124 cm³/mol. The number of nitriles is 1. The van der Waals surface area contributed by atoms with Crippen molar-refractivity contribution in [3.8, 4) is 11.8 Å². The topological polar surface area (TPSA) is 69.5 Å². The molecular formula is C26H26N4O2. The summed E-state index contributed by atoms with van der Waals surface area (Å²) in [5, 5.41) is 10.6. The maximum Gasteiger partial charge on any atom is 0.226 e. The SMILES string of the molecule is COc1ccc2c(N3CCC(C(=O)N4CCc5ccccc5C4)CC3)c(C#N)cnc2c1. The number of pyridine rings is 1. The summed E-state index contributed by atoms with van der Waals surface area (Å²) in [5.41, 5.74) is 4.92. The van der Waals surface area contributed by atoms with Crippen molar-refractivity contribution >= 4 is 22.5 Å². The maximum atomic E-state index is 13.2. The molecule has 3 aromatic rings. The molecule has 1 fully saturated rings. The Balaban J connectivity index is 1.32. The van der Waals surface area contributed by atoms with Gasteiger partial charge in [-0.25, -0.2) is 0 Å². The number of methoxy groups -OCH3 is 1. The largest absolute Gasteiger partial charge is 0.497 e. The lowest BCUT2D eigenvalue weighted by Crippen LogP contribution is -2.44. The summed E-state index contributed by atoms with van der Waals surface area (Å²) in [6.07, 6.45) is 4.15. The van der Waals surface area contributed by atoms with Gasteiger partial charge in [0.25, 0.3) is 0 Å².